The van der Waals surface area contributed by atoms with Crippen LogP contribution in [0.15, 0.2) is 4.47 Å². The first-order valence-corrected chi connectivity index (χ1v) is 7.48. The maximum Gasteiger partial charge on any atom is 0.126 e. The Hall–Kier alpha value is -1.05. The van der Waals surface area contributed by atoms with Crippen LogP contribution in [0.4, 0.5) is 0 Å². The zero-order valence-electron chi connectivity index (χ0n) is 13.1. The molecular weight excluding hydrogens is 316 g/mol. The number of nitrogens with zero attached hydrogens (tertiary/aromatic N) is 1. The summed E-state index contributed by atoms with van der Waals surface area (Å²) in [6.45, 7) is 11.7. The van der Waals surface area contributed by atoms with Crippen molar-refractivity contribution in [3.8, 4) is 11.8 Å². The van der Waals surface area contributed by atoms with Crippen molar-refractivity contribution in [1.82, 2.24) is 5.32 Å². The van der Waals surface area contributed by atoms with Crippen LogP contribution in [0.3, 0.4) is 0 Å². The molecule has 1 rings (SSSR count). The van der Waals surface area contributed by atoms with Crippen LogP contribution in [0.25, 0.3) is 0 Å². The lowest BCUT2D eigenvalue weighted by molar-refractivity contribution is 0.383. The first-order chi connectivity index (χ1) is 9.27. The Labute approximate surface area is 130 Å². The van der Waals surface area contributed by atoms with Crippen LogP contribution in [0, 0.1) is 32.1 Å². The molecule has 1 aromatic rings. The van der Waals surface area contributed by atoms with Crippen LogP contribution in [-0.2, 0) is 5.41 Å². The molecule has 20 heavy (non-hydrogen) atoms. The fourth-order valence-corrected chi connectivity index (χ4v) is 3.17. The van der Waals surface area contributed by atoms with Crippen molar-refractivity contribution in [2.75, 3.05) is 20.2 Å². The van der Waals surface area contributed by atoms with Crippen molar-refractivity contribution in [2.24, 2.45) is 0 Å². The monoisotopic (exact) mass is 338 g/mol. The molecule has 0 amide bonds. The standard InChI is InChI=1S/C16H23BrN2O/c1-10-11(2)15(20-6)13(12(3)14(10)17)16(4,5)9-19-8-7-18/h19H,8-9H2,1-6H3. The van der Waals surface area contributed by atoms with Crippen LogP contribution in [-0.4, -0.2) is 20.2 Å². The molecule has 0 aliphatic rings. The Morgan fingerprint density at radius 1 is 1.20 bits per heavy atom. The summed E-state index contributed by atoms with van der Waals surface area (Å²) < 4.78 is 6.81. The second kappa shape index (κ2) is 6.60. The molecule has 0 atom stereocenters. The van der Waals surface area contributed by atoms with E-state index in [-0.39, 0.29) is 5.41 Å². The van der Waals surface area contributed by atoms with Gasteiger partial charge in [-0.1, -0.05) is 29.8 Å². The maximum absolute atomic E-state index is 8.67. The number of methoxy groups -OCH3 is 1. The number of benzene rings is 1. The molecule has 3 nitrogen and oxygen atoms in total. The molecule has 0 bridgehead atoms. The van der Waals surface area contributed by atoms with E-state index < -0.39 is 0 Å². The minimum Gasteiger partial charge on any atom is -0.496 e. The Balaban J connectivity index is 3.40. The van der Waals surface area contributed by atoms with Crippen molar-refractivity contribution in [3.05, 3.63) is 26.7 Å². The maximum atomic E-state index is 8.67. The average molecular weight is 339 g/mol. The third kappa shape index (κ3) is 3.16. The van der Waals surface area contributed by atoms with Gasteiger partial charge in [0.25, 0.3) is 0 Å². The number of nitrogens with one attached hydrogen (secondary N) is 1. The van der Waals surface area contributed by atoms with E-state index >= 15 is 0 Å². The van der Waals surface area contributed by atoms with Crippen molar-refractivity contribution in [2.45, 2.75) is 40.0 Å². The molecule has 1 aromatic carbocycles. The van der Waals surface area contributed by atoms with Crippen molar-refractivity contribution in [1.29, 1.82) is 5.26 Å². The Kier molecular flexibility index (Phi) is 5.61. The van der Waals surface area contributed by atoms with Crippen LogP contribution in [0.5, 0.6) is 5.75 Å². The smallest absolute Gasteiger partial charge is 0.126 e. The number of hydrogen-bond donors (Lipinski definition) is 1. The Morgan fingerprint density at radius 3 is 2.30 bits per heavy atom. The predicted octanol–water partition coefficient (Wildman–Crippen LogP) is 3.77. The average Bonchev–Trinajstić information content (AvgIpc) is 2.40. The molecule has 0 radical (unpaired) electrons. The molecule has 0 aliphatic carbocycles. The summed E-state index contributed by atoms with van der Waals surface area (Å²) >= 11 is 3.69. The normalized spacial score (nSPS) is 11.3. The van der Waals surface area contributed by atoms with Gasteiger partial charge in [0.15, 0.2) is 0 Å². The van der Waals surface area contributed by atoms with E-state index in [1.54, 1.807) is 7.11 Å². The summed E-state index contributed by atoms with van der Waals surface area (Å²) in [6.07, 6.45) is 0. The first kappa shape index (κ1) is 17.0. The highest BCUT2D eigenvalue weighted by Crippen LogP contribution is 2.42. The highest BCUT2D eigenvalue weighted by Gasteiger charge is 2.29. The van der Waals surface area contributed by atoms with Gasteiger partial charge in [-0.25, -0.2) is 0 Å². The Morgan fingerprint density at radius 2 is 1.80 bits per heavy atom. The van der Waals surface area contributed by atoms with Gasteiger partial charge in [0, 0.05) is 22.0 Å². The van der Waals surface area contributed by atoms with E-state index in [1.165, 1.54) is 16.7 Å². The molecule has 1 N–H and O–H groups in total. The van der Waals surface area contributed by atoms with E-state index in [0.29, 0.717) is 6.54 Å². The fraction of sp³-hybridized carbons (Fsp3) is 0.562. The van der Waals surface area contributed by atoms with Gasteiger partial charge < -0.3 is 10.1 Å². The van der Waals surface area contributed by atoms with E-state index in [2.05, 4.69) is 61.9 Å². The number of rotatable bonds is 5. The zero-order valence-corrected chi connectivity index (χ0v) is 14.7. The van der Waals surface area contributed by atoms with E-state index in [1.807, 2.05) is 0 Å². The largest absolute Gasteiger partial charge is 0.496 e. The molecule has 0 aliphatic heterocycles. The van der Waals surface area contributed by atoms with Crippen LogP contribution >= 0.6 is 15.9 Å². The quantitative estimate of drug-likeness (QED) is 0.656. The number of halogens is 1. The minimum atomic E-state index is -0.118. The minimum absolute atomic E-state index is 0.118. The highest BCUT2D eigenvalue weighted by atomic mass is 79.9. The molecule has 0 aromatic heterocycles. The molecule has 0 unspecified atom stereocenters. The fourth-order valence-electron chi connectivity index (χ4n) is 2.67. The molecule has 0 saturated heterocycles. The summed E-state index contributed by atoms with van der Waals surface area (Å²) in [7, 11) is 1.72. The van der Waals surface area contributed by atoms with Gasteiger partial charge in [-0.3, -0.25) is 0 Å². The predicted molar refractivity (Wildman–Crippen MR) is 86.4 cm³/mol. The molecule has 4 heteroatoms. The van der Waals surface area contributed by atoms with E-state index in [9.17, 15) is 0 Å². The van der Waals surface area contributed by atoms with Gasteiger partial charge in [0.1, 0.15) is 5.75 Å². The second-order valence-corrected chi connectivity index (χ2v) is 6.54. The van der Waals surface area contributed by atoms with Crippen LogP contribution in [0.2, 0.25) is 0 Å². The third-order valence-electron chi connectivity index (χ3n) is 3.82. The van der Waals surface area contributed by atoms with Crippen LogP contribution < -0.4 is 10.1 Å². The van der Waals surface area contributed by atoms with E-state index in [0.717, 1.165) is 22.3 Å². The number of hydrogen-bond acceptors (Lipinski definition) is 3. The molecule has 0 heterocycles. The molecule has 0 fully saturated rings. The van der Waals surface area contributed by atoms with Gasteiger partial charge in [0.05, 0.1) is 19.7 Å². The number of nitriles is 1. The van der Waals surface area contributed by atoms with Crippen molar-refractivity contribution < 1.29 is 4.74 Å². The zero-order chi connectivity index (χ0) is 15.5. The molecular formula is C16H23BrN2O. The van der Waals surface area contributed by atoms with Gasteiger partial charge >= 0.3 is 0 Å². The third-order valence-corrected chi connectivity index (χ3v) is 5.01. The molecule has 110 valence electrons. The summed E-state index contributed by atoms with van der Waals surface area (Å²) in [4.78, 5) is 0. The first-order valence-electron chi connectivity index (χ1n) is 6.69. The van der Waals surface area contributed by atoms with Crippen LogP contribution in [0.1, 0.15) is 36.1 Å². The van der Waals surface area contributed by atoms with Gasteiger partial charge in [-0.2, -0.15) is 5.26 Å². The summed E-state index contributed by atoms with van der Waals surface area (Å²) in [6, 6.07) is 2.12. The molecule has 0 saturated carbocycles. The van der Waals surface area contributed by atoms with Crippen molar-refractivity contribution in [3.63, 3.8) is 0 Å². The SMILES string of the molecule is COc1c(C)c(C)c(Br)c(C)c1C(C)(C)CNCC#N. The van der Waals surface area contributed by atoms with E-state index in [4.69, 9.17) is 10.00 Å². The van der Waals surface area contributed by atoms with Gasteiger partial charge in [0.2, 0.25) is 0 Å². The lowest BCUT2D eigenvalue weighted by Crippen LogP contribution is -2.34. The summed E-state index contributed by atoms with van der Waals surface area (Å²) in [5.74, 6) is 0.951. The lowest BCUT2D eigenvalue weighted by Gasteiger charge is -2.31. The number of ether oxygens (including phenoxy) is 1. The lowest BCUT2D eigenvalue weighted by atomic mass is 9.79. The summed E-state index contributed by atoms with van der Waals surface area (Å²) in [5, 5.41) is 11.8. The van der Waals surface area contributed by atoms with Gasteiger partial charge in [-0.05, 0) is 37.5 Å². The highest BCUT2D eigenvalue weighted by molar-refractivity contribution is 9.10. The van der Waals surface area contributed by atoms with Gasteiger partial charge in [-0.15, -0.1) is 0 Å². The Bertz CT molecular complexity index is 545. The molecule has 0 spiro atoms. The topological polar surface area (TPSA) is 45.0 Å². The van der Waals surface area contributed by atoms with Crippen molar-refractivity contribution >= 4 is 15.9 Å². The summed E-state index contributed by atoms with van der Waals surface area (Å²) in [5.41, 5.74) is 4.65. The second-order valence-electron chi connectivity index (χ2n) is 5.74.